The van der Waals surface area contributed by atoms with E-state index in [-0.39, 0.29) is 24.1 Å². The third kappa shape index (κ3) is 5.19. The van der Waals surface area contributed by atoms with Crippen molar-refractivity contribution in [3.05, 3.63) is 22.4 Å². The quantitative estimate of drug-likeness (QED) is 0.811. The maximum atomic E-state index is 12.8. The van der Waals surface area contributed by atoms with Gasteiger partial charge in [0.25, 0.3) is 0 Å². The van der Waals surface area contributed by atoms with Gasteiger partial charge in [0.15, 0.2) is 0 Å². The molecule has 1 aliphatic carbocycles. The van der Waals surface area contributed by atoms with Crippen LogP contribution in [0.1, 0.15) is 43.4 Å². The number of carboxylic acids is 1. The number of urea groups is 1. The first kappa shape index (κ1) is 18.2. The molecule has 1 saturated carbocycles. The van der Waals surface area contributed by atoms with Crippen molar-refractivity contribution in [2.24, 2.45) is 5.92 Å². The van der Waals surface area contributed by atoms with Crippen molar-refractivity contribution in [1.29, 1.82) is 0 Å². The monoisotopic (exact) mass is 366 g/mol. The Bertz CT molecular complexity index is 564. The van der Waals surface area contributed by atoms with Gasteiger partial charge in [0.05, 0.1) is 18.6 Å². The fraction of sp³-hybridized carbons (Fsp3) is 0.667. The molecular weight excluding hydrogens is 340 g/mol. The maximum absolute atomic E-state index is 12.8. The fourth-order valence-electron chi connectivity index (χ4n) is 3.59. The van der Waals surface area contributed by atoms with Gasteiger partial charge in [0.2, 0.25) is 0 Å². The van der Waals surface area contributed by atoms with Crippen LogP contribution in [0.15, 0.2) is 17.5 Å². The molecule has 138 valence electrons. The molecule has 0 bridgehead atoms. The van der Waals surface area contributed by atoms with Crippen LogP contribution in [0.4, 0.5) is 4.79 Å². The van der Waals surface area contributed by atoms with Gasteiger partial charge in [-0.1, -0.05) is 6.07 Å². The third-order valence-electron chi connectivity index (χ3n) is 5.07. The van der Waals surface area contributed by atoms with E-state index in [2.05, 4.69) is 5.32 Å². The van der Waals surface area contributed by atoms with Crippen LogP contribution in [0.3, 0.4) is 0 Å². The van der Waals surface area contributed by atoms with Gasteiger partial charge in [0.1, 0.15) is 0 Å². The summed E-state index contributed by atoms with van der Waals surface area (Å²) < 4.78 is 5.70. The van der Waals surface area contributed by atoms with Gasteiger partial charge in [-0.25, -0.2) is 4.79 Å². The van der Waals surface area contributed by atoms with Gasteiger partial charge in [0, 0.05) is 24.1 Å². The van der Waals surface area contributed by atoms with Gasteiger partial charge in [-0.05, 0) is 50.0 Å². The van der Waals surface area contributed by atoms with E-state index in [0.29, 0.717) is 25.9 Å². The number of nitrogens with one attached hydrogen (secondary N) is 1. The summed E-state index contributed by atoms with van der Waals surface area (Å²) in [6, 6.07) is 4.04. The van der Waals surface area contributed by atoms with E-state index in [1.165, 1.54) is 0 Å². The Kier molecular flexibility index (Phi) is 6.31. The fourth-order valence-corrected chi connectivity index (χ4v) is 4.31. The lowest BCUT2D eigenvalue weighted by Crippen LogP contribution is -2.48. The second-order valence-corrected chi connectivity index (χ2v) is 7.96. The molecule has 1 aliphatic heterocycles. The molecule has 1 aromatic rings. The van der Waals surface area contributed by atoms with Gasteiger partial charge in [-0.2, -0.15) is 0 Å². The van der Waals surface area contributed by atoms with E-state index in [4.69, 9.17) is 9.84 Å². The van der Waals surface area contributed by atoms with Crippen molar-refractivity contribution in [1.82, 2.24) is 10.2 Å². The highest BCUT2D eigenvalue weighted by atomic mass is 32.1. The lowest BCUT2D eigenvalue weighted by molar-refractivity contribution is -0.142. The van der Waals surface area contributed by atoms with Crippen LogP contribution in [-0.2, 0) is 16.1 Å². The Morgan fingerprint density at radius 1 is 1.28 bits per heavy atom. The smallest absolute Gasteiger partial charge is 0.318 e. The highest BCUT2D eigenvalue weighted by molar-refractivity contribution is 7.09. The van der Waals surface area contributed by atoms with Crippen LogP contribution in [-0.4, -0.2) is 47.3 Å². The minimum Gasteiger partial charge on any atom is -0.481 e. The van der Waals surface area contributed by atoms with E-state index in [1.54, 1.807) is 11.3 Å². The van der Waals surface area contributed by atoms with Crippen molar-refractivity contribution < 1.29 is 19.4 Å². The van der Waals surface area contributed by atoms with Crippen LogP contribution in [0, 0.1) is 5.92 Å². The Hall–Kier alpha value is -1.60. The molecule has 25 heavy (non-hydrogen) atoms. The summed E-state index contributed by atoms with van der Waals surface area (Å²) in [5.74, 6) is -0.982. The van der Waals surface area contributed by atoms with E-state index >= 15 is 0 Å². The summed E-state index contributed by atoms with van der Waals surface area (Å²) in [7, 11) is 0. The number of hydrogen-bond donors (Lipinski definition) is 2. The minimum atomic E-state index is -0.720. The number of carbonyl (C=O) groups excluding carboxylic acids is 1. The van der Waals surface area contributed by atoms with Crippen molar-refractivity contribution in [2.45, 2.75) is 57.2 Å². The molecular formula is C18H26N2O4S. The second-order valence-electron chi connectivity index (χ2n) is 6.93. The van der Waals surface area contributed by atoms with Gasteiger partial charge in [-0.3, -0.25) is 4.79 Å². The second kappa shape index (κ2) is 8.67. The molecule has 2 aliphatic rings. The lowest BCUT2D eigenvalue weighted by atomic mass is 9.86. The largest absolute Gasteiger partial charge is 0.481 e. The Labute approximate surface area is 152 Å². The van der Waals surface area contributed by atoms with Crippen LogP contribution in [0.5, 0.6) is 0 Å². The van der Waals surface area contributed by atoms with Crippen molar-refractivity contribution in [2.75, 3.05) is 13.2 Å². The SMILES string of the molecule is O=C(O)C1CCC(NC(=O)N(Cc2cccs2)CC2CCCO2)CC1. The number of nitrogens with zero attached hydrogens (tertiary/aromatic N) is 1. The number of ether oxygens (including phenoxy) is 1. The van der Waals surface area contributed by atoms with Gasteiger partial charge < -0.3 is 20.1 Å². The highest BCUT2D eigenvalue weighted by Gasteiger charge is 2.29. The summed E-state index contributed by atoms with van der Waals surface area (Å²) in [4.78, 5) is 26.8. The molecule has 1 saturated heterocycles. The predicted molar refractivity (Wildman–Crippen MR) is 95.6 cm³/mol. The van der Waals surface area contributed by atoms with Crippen LogP contribution in [0.25, 0.3) is 0 Å². The minimum absolute atomic E-state index is 0.0670. The highest BCUT2D eigenvalue weighted by Crippen LogP contribution is 2.25. The Morgan fingerprint density at radius 3 is 2.68 bits per heavy atom. The van der Waals surface area contributed by atoms with E-state index in [0.717, 1.165) is 37.2 Å². The van der Waals surface area contributed by atoms with Crippen molar-refractivity contribution in [3.63, 3.8) is 0 Å². The third-order valence-corrected chi connectivity index (χ3v) is 5.93. The van der Waals surface area contributed by atoms with E-state index in [9.17, 15) is 9.59 Å². The summed E-state index contributed by atoms with van der Waals surface area (Å²) >= 11 is 1.65. The van der Waals surface area contributed by atoms with Gasteiger partial charge in [-0.15, -0.1) is 11.3 Å². The molecule has 2 N–H and O–H groups in total. The molecule has 1 atom stereocenters. The standard InChI is InChI=1S/C18H26N2O4S/c21-17(22)13-5-7-14(8-6-13)19-18(23)20(11-15-3-1-9-24-15)12-16-4-2-10-25-16/h2,4,10,13-15H,1,3,5-9,11-12H2,(H,19,23)(H,21,22). The zero-order valence-electron chi connectivity index (χ0n) is 14.4. The summed E-state index contributed by atoms with van der Waals surface area (Å²) in [6.07, 6.45) is 4.91. The number of aliphatic carboxylic acids is 1. The number of carbonyl (C=O) groups is 2. The van der Waals surface area contributed by atoms with Crippen LogP contribution in [0.2, 0.25) is 0 Å². The van der Waals surface area contributed by atoms with E-state index in [1.807, 2.05) is 22.4 Å². The number of amides is 2. The molecule has 2 heterocycles. The Morgan fingerprint density at radius 2 is 2.08 bits per heavy atom. The van der Waals surface area contributed by atoms with Crippen LogP contribution >= 0.6 is 11.3 Å². The number of carboxylic acid groups (broad SMARTS) is 1. The average molecular weight is 366 g/mol. The lowest BCUT2D eigenvalue weighted by Gasteiger charge is -2.31. The zero-order chi connectivity index (χ0) is 17.6. The molecule has 1 unspecified atom stereocenters. The average Bonchev–Trinajstić information content (AvgIpc) is 3.28. The summed E-state index contributed by atoms with van der Waals surface area (Å²) in [6.45, 7) is 1.97. The topological polar surface area (TPSA) is 78.9 Å². The first-order valence-electron chi connectivity index (χ1n) is 9.04. The molecule has 7 heteroatoms. The Balaban J connectivity index is 1.55. The normalized spacial score (nSPS) is 26.3. The summed E-state index contributed by atoms with van der Waals surface area (Å²) in [5.41, 5.74) is 0. The van der Waals surface area contributed by atoms with E-state index < -0.39 is 5.97 Å². The molecule has 0 spiro atoms. The molecule has 0 radical (unpaired) electrons. The molecule has 1 aromatic heterocycles. The molecule has 2 fully saturated rings. The molecule has 2 amide bonds. The number of rotatable bonds is 6. The van der Waals surface area contributed by atoms with Gasteiger partial charge >= 0.3 is 12.0 Å². The van der Waals surface area contributed by atoms with Crippen molar-refractivity contribution in [3.8, 4) is 0 Å². The molecule has 0 aromatic carbocycles. The number of hydrogen-bond acceptors (Lipinski definition) is 4. The predicted octanol–water partition coefficient (Wildman–Crippen LogP) is 3.08. The number of thiophene rings is 1. The molecule has 6 nitrogen and oxygen atoms in total. The van der Waals surface area contributed by atoms with Crippen molar-refractivity contribution >= 4 is 23.3 Å². The first-order chi connectivity index (χ1) is 12.1. The van der Waals surface area contributed by atoms with Crippen LogP contribution < -0.4 is 5.32 Å². The first-order valence-corrected chi connectivity index (χ1v) is 9.92. The zero-order valence-corrected chi connectivity index (χ0v) is 15.2. The maximum Gasteiger partial charge on any atom is 0.318 e. The molecule has 3 rings (SSSR count). The summed E-state index contributed by atoms with van der Waals surface area (Å²) in [5, 5.41) is 14.2.